The van der Waals surface area contributed by atoms with Crippen molar-refractivity contribution in [2.45, 2.75) is 13.3 Å². The van der Waals surface area contributed by atoms with Crippen molar-refractivity contribution in [3.05, 3.63) is 23.8 Å². The molecule has 4 N–H and O–H groups in total. The summed E-state index contributed by atoms with van der Waals surface area (Å²) >= 11 is 0. The van der Waals surface area contributed by atoms with Crippen molar-refractivity contribution < 1.29 is 9.90 Å². The Morgan fingerprint density at radius 3 is 2.95 bits per heavy atom. The van der Waals surface area contributed by atoms with Crippen LogP contribution in [0.1, 0.15) is 23.7 Å². The Labute approximate surface area is 113 Å². The van der Waals surface area contributed by atoms with Gasteiger partial charge in [-0.1, -0.05) is 6.92 Å². The van der Waals surface area contributed by atoms with E-state index in [0.29, 0.717) is 11.6 Å². The Kier molecular flexibility index (Phi) is 4.27. The highest BCUT2D eigenvalue weighted by Gasteiger charge is 2.20. The van der Waals surface area contributed by atoms with Gasteiger partial charge in [-0.3, -0.25) is 0 Å². The molecule has 5 heteroatoms. The molecule has 0 saturated carbocycles. The summed E-state index contributed by atoms with van der Waals surface area (Å²) < 4.78 is 0. The zero-order valence-electron chi connectivity index (χ0n) is 11.2. The quantitative estimate of drug-likeness (QED) is 0.705. The molecule has 19 heavy (non-hydrogen) atoms. The molecule has 0 spiro atoms. The van der Waals surface area contributed by atoms with Gasteiger partial charge >= 0.3 is 5.97 Å². The lowest BCUT2D eigenvalue weighted by Crippen LogP contribution is -2.22. The maximum atomic E-state index is 10.9. The van der Waals surface area contributed by atoms with Crippen molar-refractivity contribution in [1.29, 1.82) is 0 Å². The highest BCUT2D eigenvalue weighted by atomic mass is 16.4. The summed E-state index contributed by atoms with van der Waals surface area (Å²) in [4.78, 5) is 13.3. The molecular formula is C14H21N3O2. The first-order valence-electron chi connectivity index (χ1n) is 6.69. The van der Waals surface area contributed by atoms with E-state index in [1.54, 1.807) is 18.2 Å². The maximum Gasteiger partial charge on any atom is 0.337 e. The van der Waals surface area contributed by atoms with Crippen molar-refractivity contribution in [2.24, 2.45) is 5.92 Å². The molecule has 1 aromatic rings. The van der Waals surface area contributed by atoms with Crippen molar-refractivity contribution in [3.8, 4) is 0 Å². The number of hydrogen-bond donors (Lipinski definition) is 3. The predicted molar refractivity (Wildman–Crippen MR) is 76.5 cm³/mol. The molecular weight excluding hydrogens is 242 g/mol. The molecule has 1 heterocycles. The molecule has 1 aliphatic heterocycles. The fraction of sp³-hybridized carbons (Fsp3) is 0.500. The number of hydrogen-bond acceptors (Lipinski definition) is 4. The SMILES string of the molecule is CCN1CCC(CNc2ccc(C(=O)O)c(N)c2)C1. The van der Waals surface area contributed by atoms with Crippen molar-refractivity contribution in [1.82, 2.24) is 4.90 Å². The Bertz CT molecular complexity index is 462. The number of carboxylic acids is 1. The molecule has 0 bridgehead atoms. The van der Waals surface area contributed by atoms with E-state index in [1.807, 2.05) is 0 Å². The number of carbonyl (C=O) groups is 1. The molecule has 5 nitrogen and oxygen atoms in total. The summed E-state index contributed by atoms with van der Waals surface area (Å²) in [6.45, 7) is 6.50. The molecule has 0 amide bonds. The molecule has 1 fully saturated rings. The normalized spacial score (nSPS) is 19.5. The molecule has 104 valence electrons. The lowest BCUT2D eigenvalue weighted by atomic mass is 10.1. The Hall–Kier alpha value is -1.75. The summed E-state index contributed by atoms with van der Waals surface area (Å²) in [5.74, 6) is -0.334. The number of likely N-dealkylation sites (tertiary alicyclic amines) is 1. The minimum absolute atomic E-state index is 0.156. The van der Waals surface area contributed by atoms with E-state index in [0.717, 1.165) is 25.3 Å². The van der Waals surface area contributed by atoms with Crippen LogP contribution < -0.4 is 11.1 Å². The van der Waals surface area contributed by atoms with E-state index in [2.05, 4.69) is 17.1 Å². The van der Waals surface area contributed by atoms with E-state index < -0.39 is 5.97 Å². The molecule has 1 saturated heterocycles. The largest absolute Gasteiger partial charge is 0.478 e. The van der Waals surface area contributed by atoms with Crippen LogP contribution in [-0.4, -0.2) is 42.2 Å². The van der Waals surface area contributed by atoms with Gasteiger partial charge in [0.2, 0.25) is 0 Å². The number of rotatable bonds is 5. The first-order valence-corrected chi connectivity index (χ1v) is 6.69. The third kappa shape index (κ3) is 3.38. The Morgan fingerprint density at radius 1 is 1.58 bits per heavy atom. The fourth-order valence-electron chi connectivity index (χ4n) is 2.50. The first-order chi connectivity index (χ1) is 9.10. The van der Waals surface area contributed by atoms with Gasteiger partial charge in [0.25, 0.3) is 0 Å². The lowest BCUT2D eigenvalue weighted by Gasteiger charge is -2.15. The second kappa shape index (κ2) is 5.93. The van der Waals surface area contributed by atoms with Crippen LogP contribution in [0.2, 0.25) is 0 Å². The molecule has 0 radical (unpaired) electrons. The van der Waals surface area contributed by atoms with Gasteiger partial charge in [0.1, 0.15) is 0 Å². The monoisotopic (exact) mass is 263 g/mol. The van der Waals surface area contributed by atoms with Crippen LogP contribution in [-0.2, 0) is 0 Å². The molecule has 1 unspecified atom stereocenters. The number of carboxylic acid groups (broad SMARTS) is 1. The van der Waals surface area contributed by atoms with Gasteiger partial charge in [-0.25, -0.2) is 4.79 Å². The van der Waals surface area contributed by atoms with Crippen molar-refractivity contribution in [2.75, 3.05) is 37.2 Å². The maximum absolute atomic E-state index is 10.9. The number of anilines is 2. The van der Waals surface area contributed by atoms with Crippen molar-refractivity contribution >= 4 is 17.3 Å². The van der Waals surface area contributed by atoms with Gasteiger partial charge in [0.15, 0.2) is 0 Å². The van der Waals surface area contributed by atoms with Gasteiger partial charge in [-0.15, -0.1) is 0 Å². The summed E-state index contributed by atoms with van der Waals surface area (Å²) in [5.41, 5.74) is 7.07. The minimum atomic E-state index is -0.988. The van der Waals surface area contributed by atoms with Crippen LogP contribution in [0.4, 0.5) is 11.4 Å². The third-order valence-electron chi connectivity index (χ3n) is 3.69. The molecule has 2 rings (SSSR count). The van der Waals surface area contributed by atoms with Crippen molar-refractivity contribution in [3.63, 3.8) is 0 Å². The van der Waals surface area contributed by atoms with Gasteiger partial charge < -0.3 is 21.1 Å². The Balaban J connectivity index is 1.90. The first kappa shape index (κ1) is 13.7. The van der Waals surface area contributed by atoms with Crippen LogP contribution in [0.3, 0.4) is 0 Å². The standard InChI is InChI=1S/C14H21N3O2/c1-2-17-6-5-10(9-17)8-16-11-3-4-12(14(18)19)13(15)7-11/h3-4,7,10,16H,2,5-6,8-9,15H2,1H3,(H,18,19). The molecule has 0 aromatic heterocycles. The minimum Gasteiger partial charge on any atom is -0.478 e. The third-order valence-corrected chi connectivity index (χ3v) is 3.69. The predicted octanol–water partition coefficient (Wildman–Crippen LogP) is 1.72. The highest BCUT2D eigenvalue weighted by Crippen LogP contribution is 2.20. The van der Waals surface area contributed by atoms with Gasteiger partial charge in [-0.05, 0) is 43.6 Å². The fourth-order valence-corrected chi connectivity index (χ4v) is 2.50. The van der Waals surface area contributed by atoms with Crippen LogP contribution in [0.5, 0.6) is 0 Å². The molecule has 1 aliphatic rings. The topological polar surface area (TPSA) is 78.6 Å². The van der Waals surface area contributed by atoms with E-state index in [9.17, 15) is 4.79 Å². The summed E-state index contributed by atoms with van der Waals surface area (Å²) in [7, 11) is 0. The lowest BCUT2D eigenvalue weighted by molar-refractivity contribution is 0.0698. The average Bonchev–Trinajstić information content (AvgIpc) is 2.84. The second-order valence-corrected chi connectivity index (χ2v) is 5.04. The van der Waals surface area contributed by atoms with Gasteiger partial charge in [0.05, 0.1) is 5.56 Å². The van der Waals surface area contributed by atoms with Gasteiger partial charge in [-0.2, -0.15) is 0 Å². The van der Waals surface area contributed by atoms with Crippen LogP contribution in [0, 0.1) is 5.92 Å². The number of benzene rings is 1. The van der Waals surface area contributed by atoms with E-state index in [1.165, 1.54) is 13.0 Å². The van der Waals surface area contributed by atoms with E-state index >= 15 is 0 Å². The van der Waals surface area contributed by atoms with Crippen LogP contribution >= 0.6 is 0 Å². The highest BCUT2D eigenvalue weighted by molar-refractivity contribution is 5.94. The molecule has 0 aliphatic carbocycles. The summed E-state index contributed by atoms with van der Waals surface area (Å²) in [5, 5.41) is 12.2. The number of nitrogens with one attached hydrogen (secondary N) is 1. The molecule has 1 aromatic carbocycles. The smallest absolute Gasteiger partial charge is 0.337 e. The zero-order valence-corrected chi connectivity index (χ0v) is 11.2. The Morgan fingerprint density at radius 2 is 2.37 bits per heavy atom. The summed E-state index contributed by atoms with van der Waals surface area (Å²) in [6, 6.07) is 5.01. The van der Waals surface area contributed by atoms with Crippen LogP contribution in [0.15, 0.2) is 18.2 Å². The summed E-state index contributed by atoms with van der Waals surface area (Å²) in [6.07, 6.45) is 1.21. The number of aromatic carboxylic acids is 1. The zero-order chi connectivity index (χ0) is 13.8. The van der Waals surface area contributed by atoms with Gasteiger partial charge in [0, 0.05) is 24.5 Å². The number of nitrogens with two attached hydrogens (primary N) is 1. The average molecular weight is 263 g/mol. The van der Waals surface area contributed by atoms with E-state index in [-0.39, 0.29) is 5.56 Å². The number of nitrogen functional groups attached to an aromatic ring is 1. The number of nitrogens with zero attached hydrogens (tertiary/aromatic N) is 1. The van der Waals surface area contributed by atoms with E-state index in [4.69, 9.17) is 10.8 Å². The molecule has 1 atom stereocenters. The second-order valence-electron chi connectivity index (χ2n) is 5.04. The van der Waals surface area contributed by atoms with Crippen LogP contribution in [0.25, 0.3) is 0 Å².